The molecule has 3 rings (SSSR count). The maximum Gasteiger partial charge on any atom is 0.193 e. The fourth-order valence-corrected chi connectivity index (χ4v) is 4.26. The molecule has 4 nitrogen and oxygen atoms in total. The fourth-order valence-electron chi connectivity index (χ4n) is 4.26. The van der Waals surface area contributed by atoms with Crippen molar-refractivity contribution >= 4 is 5.96 Å². The molecule has 2 unspecified atom stereocenters. The summed E-state index contributed by atoms with van der Waals surface area (Å²) in [6, 6.07) is 0.671. The highest BCUT2D eigenvalue weighted by Crippen LogP contribution is 2.34. The monoisotopic (exact) mass is 321 g/mol. The molecule has 132 valence electrons. The zero-order valence-corrected chi connectivity index (χ0v) is 15.1. The molecule has 3 fully saturated rings. The van der Waals surface area contributed by atoms with Crippen molar-refractivity contribution in [3.63, 3.8) is 0 Å². The number of ether oxygens (including phenoxy) is 1. The molecule has 2 saturated carbocycles. The number of nitrogens with zero attached hydrogens (tertiary/aromatic N) is 2. The van der Waals surface area contributed by atoms with Gasteiger partial charge < -0.3 is 15.0 Å². The lowest BCUT2D eigenvalue weighted by Crippen LogP contribution is -2.48. The van der Waals surface area contributed by atoms with E-state index in [0.717, 1.165) is 50.3 Å². The molecule has 1 N–H and O–H groups in total. The van der Waals surface area contributed by atoms with Crippen molar-refractivity contribution < 1.29 is 4.74 Å². The summed E-state index contributed by atoms with van der Waals surface area (Å²) in [4.78, 5) is 6.94. The van der Waals surface area contributed by atoms with Gasteiger partial charge in [-0.2, -0.15) is 0 Å². The van der Waals surface area contributed by atoms with E-state index in [1.807, 2.05) is 7.05 Å². The molecule has 0 radical (unpaired) electrons. The molecular weight excluding hydrogens is 286 g/mol. The summed E-state index contributed by atoms with van der Waals surface area (Å²) in [5, 5.41) is 3.67. The Hall–Kier alpha value is -0.770. The molecule has 0 bridgehead atoms. The minimum absolute atomic E-state index is 0.471. The van der Waals surface area contributed by atoms with Gasteiger partial charge in [-0.15, -0.1) is 0 Å². The summed E-state index contributed by atoms with van der Waals surface area (Å²) in [7, 11) is 1.92. The lowest BCUT2D eigenvalue weighted by Gasteiger charge is -2.34. The Morgan fingerprint density at radius 2 is 1.91 bits per heavy atom. The van der Waals surface area contributed by atoms with E-state index in [2.05, 4.69) is 22.1 Å². The maximum atomic E-state index is 6.18. The number of nitrogens with one attached hydrogen (secondary N) is 1. The van der Waals surface area contributed by atoms with E-state index < -0.39 is 0 Å². The number of likely N-dealkylation sites (tertiary alicyclic amines) is 1. The lowest BCUT2D eigenvalue weighted by molar-refractivity contribution is 0.001000. The predicted molar refractivity (Wildman–Crippen MR) is 95.8 cm³/mol. The predicted octanol–water partition coefficient (Wildman–Crippen LogP) is 3.42. The van der Waals surface area contributed by atoms with Crippen LogP contribution >= 0.6 is 0 Å². The van der Waals surface area contributed by atoms with Crippen LogP contribution in [0.1, 0.15) is 64.7 Å². The first-order chi connectivity index (χ1) is 11.3. The normalized spacial score (nSPS) is 30.0. The summed E-state index contributed by atoms with van der Waals surface area (Å²) >= 11 is 0. The van der Waals surface area contributed by atoms with Gasteiger partial charge in [0, 0.05) is 32.8 Å². The molecule has 1 aliphatic heterocycles. The van der Waals surface area contributed by atoms with E-state index in [-0.39, 0.29) is 0 Å². The van der Waals surface area contributed by atoms with Gasteiger partial charge in [0.25, 0.3) is 0 Å². The first-order valence-corrected chi connectivity index (χ1v) is 9.90. The Kier molecular flexibility index (Phi) is 6.21. The van der Waals surface area contributed by atoms with E-state index in [1.54, 1.807) is 0 Å². The van der Waals surface area contributed by atoms with Gasteiger partial charge in [0.1, 0.15) is 0 Å². The Morgan fingerprint density at radius 1 is 1.17 bits per heavy atom. The highest BCUT2D eigenvalue weighted by molar-refractivity contribution is 5.80. The summed E-state index contributed by atoms with van der Waals surface area (Å²) < 4.78 is 6.18. The van der Waals surface area contributed by atoms with E-state index in [0.29, 0.717) is 12.1 Å². The third-order valence-electron chi connectivity index (χ3n) is 5.89. The second-order valence-electron chi connectivity index (χ2n) is 7.75. The minimum Gasteiger partial charge on any atom is -0.378 e. The first kappa shape index (κ1) is 17.1. The highest BCUT2D eigenvalue weighted by atomic mass is 16.5. The number of guanidine groups is 1. The third kappa shape index (κ3) is 4.85. The molecule has 2 aliphatic carbocycles. The van der Waals surface area contributed by atoms with E-state index >= 15 is 0 Å². The van der Waals surface area contributed by atoms with Crippen molar-refractivity contribution in [3.8, 4) is 0 Å². The van der Waals surface area contributed by atoms with Crippen LogP contribution in [0.2, 0.25) is 0 Å². The van der Waals surface area contributed by atoms with Gasteiger partial charge in [-0.1, -0.05) is 26.2 Å². The Bertz CT molecular complexity index is 384. The van der Waals surface area contributed by atoms with Gasteiger partial charge in [-0.3, -0.25) is 4.99 Å². The Labute approximate surface area is 142 Å². The van der Waals surface area contributed by atoms with Crippen LogP contribution in [0.25, 0.3) is 0 Å². The first-order valence-electron chi connectivity index (χ1n) is 9.90. The van der Waals surface area contributed by atoms with Gasteiger partial charge in [-0.05, 0) is 50.4 Å². The van der Waals surface area contributed by atoms with Gasteiger partial charge in [0.15, 0.2) is 5.96 Å². The second-order valence-corrected chi connectivity index (χ2v) is 7.75. The van der Waals surface area contributed by atoms with Gasteiger partial charge >= 0.3 is 0 Å². The van der Waals surface area contributed by atoms with Gasteiger partial charge in [0.05, 0.1) is 6.10 Å². The average Bonchev–Trinajstić information content (AvgIpc) is 3.09. The summed E-state index contributed by atoms with van der Waals surface area (Å²) in [6.45, 7) is 5.44. The number of piperidine rings is 1. The van der Waals surface area contributed by atoms with Crippen molar-refractivity contribution in [3.05, 3.63) is 0 Å². The molecule has 2 atom stereocenters. The Morgan fingerprint density at radius 3 is 2.57 bits per heavy atom. The molecule has 0 amide bonds. The summed E-state index contributed by atoms with van der Waals surface area (Å²) in [5.41, 5.74) is 0. The minimum atomic E-state index is 0.471. The molecule has 3 aliphatic rings. The smallest absolute Gasteiger partial charge is 0.193 e. The fraction of sp³-hybridized carbons (Fsp3) is 0.947. The molecule has 23 heavy (non-hydrogen) atoms. The van der Waals surface area contributed by atoms with Crippen molar-refractivity contribution in [2.75, 3.05) is 26.7 Å². The van der Waals surface area contributed by atoms with E-state index in [4.69, 9.17) is 4.74 Å². The van der Waals surface area contributed by atoms with Crippen LogP contribution in [0.4, 0.5) is 0 Å². The largest absolute Gasteiger partial charge is 0.378 e. The standard InChI is InChI=1S/C19H35N3O/c1-3-6-16-13-18(16)21-19(20-2)22-11-9-17(10-12-22)23-14-15-7-4-5-8-15/h15-18H,3-14H2,1-2H3,(H,20,21). The Balaban J connectivity index is 1.35. The molecule has 0 aromatic heterocycles. The topological polar surface area (TPSA) is 36.9 Å². The summed E-state index contributed by atoms with van der Waals surface area (Å²) in [5.74, 6) is 2.83. The average molecular weight is 322 g/mol. The van der Waals surface area contributed by atoms with Crippen molar-refractivity contribution in [1.29, 1.82) is 0 Å². The van der Waals surface area contributed by atoms with Crippen molar-refractivity contribution in [2.24, 2.45) is 16.8 Å². The maximum absolute atomic E-state index is 6.18. The van der Waals surface area contributed by atoms with Crippen LogP contribution in [0, 0.1) is 11.8 Å². The molecule has 4 heteroatoms. The zero-order chi connectivity index (χ0) is 16.1. The van der Waals surface area contributed by atoms with Crippen molar-refractivity contribution in [2.45, 2.75) is 76.9 Å². The molecule has 0 aromatic carbocycles. The number of hydrogen-bond acceptors (Lipinski definition) is 2. The van der Waals surface area contributed by atoms with E-state index in [9.17, 15) is 0 Å². The van der Waals surface area contributed by atoms with Crippen LogP contribution in [-0.2, 0) is 4.74 Å². The molecule has 1 saturated heterocycles. The quantitative estimate of drug-likeness (QED) is 0.601. The number of hydrogen-bond donors (Lipinski definition) is 1. The highest BCUT2D eigenvalue weighted by Gasteiger charge is 2.37. The van der Waals surface area contributed by atoms with Crippen LogP contribution in [-0.4, -0.2) is 49.7 Å². The van der Waals surface area contributed by atoms with E-state index in [1.165, 1.54) is 44.9 Å². The van der Waals surface area contributed by atoms with Crippen molar-refractivity contribution in [1.82, 2.24) is 10.2 Å². The van der Waals surface area contributed by atoms with Crippen LogP contribution in [0.15, 0.2) is 4.99 Å². The third-order valence-corrected chi connectivity index (χ3v) is 5.89. The zero-order valence-electron chi connectivity index (χ0n) is 15.1. The molecular formula is C19H35N3O. The number of aliphatic imine (C=N–C) groups is 1. The van der Waals surface area contributed by atoms with Gasteiger partial charge in [-0.25, -0.2) is 0 Å². The van der Waals surface area contributed by atoms with Gasteiger partial charge in [0.2, 0.25) is 0 Å². The van der Waals surface area contributed by atoms with Crippen LogP contribution in [0.3, 0.4) is 0 Å². The lowest BCUT2D eigenvalue weighted by atomic mass is 10.1. The molecule has 0 spiro atoms. The number of rotatable bonds is 6. The van der Waals surface area contributed by atoms with Crippen LogP contribution < -0.4 is 5.32 Å². The van der Waals surface area contributed by atoms with Crippen LogP contribution in [0.5, 0.6) is 0 Å². The second kappa shape index (κ2) is 8.36. The summed E-state index contributed by atoms with van der Waals surface area (Å²) in [6.07, 6.45) is 12.3. The molecule has 1 heterocycles. The SMILES string of the molecule is CCCC1CC1NC(=NC)N1CCC(OCC2CCCC2)CC1. The molecule has 0 aromatic rings.